The van der Waals surface area contributed by atoms with Gasteiger partial charge in [-0.05, 0) is 54.3 Å². The molecular formula is C23H22Cl2N2O4. The van der Waals surface area contributed by atoms with Gasteiger partial charge in [0.15, 0.2) is 11.5 Å². The molecule has 0 aromatic heterocycles. The van der Waals surface area contributed by atoms with Crippen LogP contribution in [-0.2, 0) is 16.1 Å². The molecular weight excluding hydrogens is 439 g/mol. The molecule has 2 aromatic rings. The molecule has 1 heterocycles. The molecule has 3 rings (SSSR count). The van der Waals surface area contributed by atoms with Gasteiger partial charge in [0, 0.05) is 18.2 Å². The van der Waals surface area contributed by atoms with Crippen LogP contribution in [0.1, 0.15) is 24.0 Å². The first-order chi connectivity index (χ1) is 15.0. The summed E-state index contributed by atoms with van der Waals surface area (Å²) >= 11 is 12.3. The lowest BCUT2D eigenvalue weighted by atomic mass is 10.1. The van der Waals surface area contributed by atoms with Gasteiger partial charge in [-0.1, -0.05) is 35.3 Å². The van der Waals surface area contributed by atoms with Crippen LogP contribution < -0.4 is 14.8 Å². The lowest BCUT2D eigenvalue weighted by Gasteiger charge is -2.14. The van der Waals surface area contributed by atoms with E-state index in [1.54, 1.807) is 24.3 Å². The lowest BCUT2D eigenvalue weighted by Crippen LogP contribution is -2.32. The van der Waals surface area contributed by atoms with Crippen LogP contribution in [0.2, 0.25) is 10.0 Å². The van der Waals surface area contributed by atoms with Gasteiger partial charge in [0.1, 0.15) is 18.2 Å². The van der Waals surface area contributed by atoms with Crippen LogP contribution in [0.4, 0.5) is 0 Å². The van der Waals surface area contributed by atoms with Crippen LogP contribution in [-0.4, -0.2) is 32.3 Å². The minimum atomic E-state index is -0.462. The molecule has 0 unspecified atom stereocenters. The van der Waals surface area contributed by atoms with Crippen LogP contribution in [0.5, 0.6) is 11.5 Å². The number of rotatable bonds is 8. The van der Waals surface area contributed by atoms with E-state index in [2.05, 4.69) is 5.32 Å². The van der Waals surface area contributed by atoms with Gasteiger partial charge < -0.3 is 19.5 Å². The average molecular weight is 461 g/mol. The summed E-state index contributed by atoms with van der Waals surface area (Å²) in [6.45, 7) is 1.35. The van der Waals surface area contributed by atoms with Crippen LogP contribution >= 0.6 is 23.2 Å². The zero-order valence-electron chi connectivity index (χ0n) is 17.0. The highest BCUT2D eigenvalue weighted by Gasteiger charge is 2.18. The Labute approximate surface area is 191 Å². The fraction of sp³-hybridized carbons (Fsp3) is 0.304. The summed E-state index contributed by atoms with van der Waals surface area (Å²) in [5.74, 6) is 0.304. The van der Waals surface area contributed by atoms with Crippen molar-refractivity contribution in [2.75, 3.05) is 20.3 Å². The van der Waals surface area contributed by atoms with Gasteiger partial charge in [0.2, 0.25) is 0 Å². The second kappa shape index (κ2) is 11.1. The second-order valence-corrected chi connectivity index (χ2v) is 7.81. The first-order valence-electron chi connectivity index (χ1n) is 9.76. The Bertz CT molecular complexity index is 994. The summed E-state index contributed by atoms with van der Waals surface area (Å²) in [6.07, 6.45) is 3.33. The Morgan fingerprint density at radius 2 is 2.10 bits per heavy atom. The molecule has 6 nitrogen and oxygen atoms in total. The molecule has 1 N–H and O–H groups in total. The second-order valence-electron chi connectivity index (χ2n) is 6.96. The summed E-state index contributed by atoms with van der Waals surface area (Å²) in [5.41, 5.74) is 1.43. The van der Waals surface area contributed by atoms with E-state index in [1.807, 2.05) is 18.2 Å². The Kier molecular flexibility index (Phi) is 8.19. The van der Waals surface area contributed by atoms with E-state index < -0.39 is 5.91 Å². The van der Waals surface area contributed by atoms with E-state index in [9.17, 15) is 10.1 Å². The van der Waals surface area contributed by atoms with Gasteiger partial charge in [0.05, 0.1) is 18.2 Å². The predicted molar refractivity (Wildman–Crippen MR) is 119 cm³/mol. The highest BCUT2D eigenvalue weighted by Crippen LogP contribution is 2.37. The number of hydrogen-bond donors (Lipinski definition) is 1. The number of nitrogens with zero attached hydrogens (tertiary/aromatic N) is 1. The lowest BCUT2D eigenvalue weighted by molar-refractivity contribution is -0.117. The van der Waals surface area contributed by atoms with E-state index in [0.717, 1.165) is 18.4 Å². The van der Waals surface area contributed by atoms with Crippen molar-refractivity contribution in [3.8, 4) is 17.6 Å². The van der Waals surface area contributed by atoms with E-state index >= 15 is 0 Å². The third-order valence-corrected chi connectivity index (χ3v) is 5.27. The van der Waals surface area contributed by atoms with Crippen LogP contribution in [0, 0.1) is 11.3 Å². The number of halogens is 2. The van der Waals surface area contributed by atoms with Crippen molar-refractivity contribution in [1.29, 1.82) is 5.26 Å². The molecule has 162 valence electrons. The van der Waals surface area contributed by atoms with Crippen molar-refractivity contribution >= 4 is 35.2 Å². The van der Waals surface area contributed by atoms with Crippen molar-refractivity contribution in [1.82, 2.24) is 5.32 Å². The van der Waals surface area contributed by atoms with Crippen molar-refractivity contribution in [2.24, 2.45) is 0 Å². The summed E-state index contributed by atoms with van der Waals surface area (Å²) in [4.78, 5) is 12.4. The van der Waals surface area contributed by atoms with Crippen LogP contribution in [0.25, 0.3) is 6.08 Å². The topological polar surface area (TPSA) is 80.6 Å². The molecule has 1 saturated heterocycles. The number of hydrogen-bond acceptors (Lipinski definition) is 5. The van der Waals surface area contributed by atoms with Crippen molar-refractivity contribution in [3.63, 3.8) is 0 Å². The number of nitriles is 1. The molecule has 8 heteroatoms. The molecule has 0 bridgehead atoms. The smallest absolute Gasteiger partial charge is 0.262 e. The quantitative estimate of drug-likeness (QED) is 0.452. The third kappa shape index (κ3) is 6.38. The number of carbonyl (C=O) groups is 1. The zero-order chi connectivity index (χ0) is 22.2. The molecule has 1 aliphatic heterocycles. The molecule has 2 aromatic carbocycles. The summed E-state index contributed by atoms with van der Waals surface area (Å²) in [7, 11) is 1.49. The fourth-order valence-corrected chi connectivity index (χ4v) is 3.52. The number of nitrogens with one attached hydrogen (secondary N) is 1. The molecule has 1 aliphatic rings. The van der Waals surface area contributed by atoms with Gasteiger partial charge in [-0.25, -0.2) is 0 Å². The molecule has 0 aliphatic carbocycles. The Morgan fingerprint density at radius 3 is 2.74 bits per heavy atom. The molecule has 1 atom stereocenters. The summed E-state index contributed by atoms with van der Waals surface area (Å²) < 4.78 is 16.7. The van der Waals surface area contributed by atoms with E-state index in [0.29, 0.717) is 40.3 Å². The first kappa shape index (κ1) is 23.0. The van der Waals surface area contributed by atoms with Crippen LogP contribution in [0.3, 0.4) is 0 Å². The van der Waals surface area contributed by atoms with E-state index in [4.69, 9.17) is 37.4 Å². The molecule has 1 amide bonds. The Balaban J connectivity index is 1.73. The minimum Gasteiger partial charge on any atom is -0.493 e. The maximum atomic E-state index is 12.4. The molecule has 1 fully saturated rings. The molecule has 0 radical (unpaired) electrons. The fourth-order valence-electron chi connectivity index (χ4n) is 3.12. The molecule has 0 spiro atoms. The number of methoxy groups -OCH3 is 1. The van der Waals surface area contributed by atoms with Gasteiger partial charge in [-0.15, -0.1) is 0 Å². The van der Waals surface area contributed by atoms with Gasteiger partial charge >= 0.3 is 0 Å². The normalized spacial score (nSPS) is 15.9. The Morgan fingerprint density at radius 1 is 1.32 bits per heavy atom. The van der Waals surface area contributed by atoms with Gasteiger partial charge in [0.25, 0.3) is 5.91 Å². The summed E-state index contributed by atoms with van der Waals surface area (Å²) in [5, 5.41) is 13.1. The van der Waals surface area contributed by atoms with Gasteiger partial charge in [-0.3, -0.25) is 4.79 Å². The minimum absolute atomic E-state index is 0.00416. The third-order valence-electron chi connectivity index (χ3n) is 4.74. The monoisotopic (exact) mass is 460 g/mol. The van der Waals surface area contributed by atoms with Gasteiger partial charge in [-0.2, -0.15) is 5.26 Å². The highest BCUT2D eigenvalue weighted by molar-refractivity contribution is 6.32. The average Bonchev–Trinajstić information content (AvgIpc) is 3.29. The highest BCUT2D eigenvalue weighted by atomic mass is 35.5. The van der Waals surface area contributed by atoms with E-state index in [1.165, 1.54) is 13.2 Å². The maximum Gasteiger partial charge on any atom is 0.262 e. The number of ether oxygens (including phenoxy) is 3. The number of carbonyl (C=O) groups excluding carboxylic acids is 1. The Hall–Kier alpha value is -2.72. The molecule has 31 heavy (non-hydrogen) atoms. The van der Waals surface area contributed by atoms with Crippen LogP contribution in [0.15, 0.2) is 42.0 Å². The maximum absolute atomic E-state index is 12.4. The largest absolute Gasteiger partial charge is 0.493 e. The standard InChI is InChI=1S/C23H22Cl2N2O4/c1-29-21-11-16(9-17(12-26)23(28)27-13-19-3-2-8-30-19)10-20(25)22(21)31-14-15-4-6-18(24)7-5-15/h4-7,9-11,19H,2-3,8,13-14H2,1H3,(H,27,28)/b17-9+/t19-/m0/s1. The SMILES string of the molecule is COc1cc(/C=C(\C#N)C(=O)NC[C@@H]2CCCO2)cc(Cl)c1OCc1ccc(Cl)cc1. The van der Waals surface area contributed by atoms with Crippen molar-refractivity contribution < 1.29 is 19.0 Å². The first-order valence-corrected chi connectivity index (χ1v) is 10.5. The molecule has 0 saturated carbocycles. The number of benzene rings is 2. The van der Waals surface area contributed by atoms with Crippen molar-refractivity contribution in [3.05, 3.63) is 63.1 Å². The number of amides is 1. The van der Waals surface area contributed by atoms with E-state index in [-0.39, 0.29) is 18.3 Å². The van der Waals surface area contributed by atoms with Crippen molar-refractivity contribution in [2.45, 2.75) is 25.6 Å². The zero-order valence-corrected chi connectivity index (χ0v) is 18.5. The summed E-state index contributed by atoms with van der Waals surface area (Å²) in [6, 6.07) is 12.5. The predicted octanol–water partition coefficient (Wildman–Crippen LogP) is 4.78.